The minimum absolute atomic E-state index is 0.271. The molecule has 0 saturated carbocycles. The van der Waals surface area contributed by atoms with Gasteiger partial charge in [0.15, 0.2) is 5.75 Å². The summed E-state index contributed by atoms with van der Waals surface area (Å²) in [5.41, 5.74) is 1.56. The van der Waals surface area contributed by atoms with Gasteiger partial charge in [-0.1, -0.05) is 39.8 Å². The van der Waals surface area contributed by atoms with Crippen LogP contribution in [-0.2, 0) is 15.0 Å². The van der Waals surface area contributed by atoms with Crippen LogP contribution in [-0.4, -0.2) is 11.9 Å². The molecule has 0 bridgehead atoms. The van der Waals surface area contributed by atoms with Gasteiger partial charge in [0.05, 0.1) is 8.95 Å². The van der Waals surface area contributed by atoms with Crippen molar-refractivity contribution in [3.63, 3.8) is 0 Å². The van der Waals surface area contributed by atoms with Gasteiger partial charge < -0.3 is 9.47 Å². The Bertz CT molecular complexity index is 908. The number of carbonyl (C=O) groups excluding carboxylic acids is 2. The van der Waals surface area contributed by atoms with Crippen molar-refractivity contribution in [1.82, 2.24) is 0 Å². The highest BCUT2D eigenvalue weighted by atomic mass is 79.9. The number of hydrogen-bond donors (Lipinski definition) is 0. The monoisotopic (exact) mass is 652 g/mol. The average molecular weight is 656 g/mol. The summed E-state index contributed by atoms with van der Waals surface area (Å²) in [4.78, 5) is 23.3. The number of carbonyl (C=O) groups is 2. The molecule has 156 valence electrons. The van der Waals surface area contributed by atoms with Crippen molar-refractivity contribution in [1.29, 1.82) is 0 Å². The van der Waals surface area contributed by atoms with Gasteiger partial charge >= 0.3 is 11.9 Å². The standard InChI is InChI=1S/C21H20Br4O4/c1-5-13(26)28-12-9-7-11(8-10-12)21(3,4)15-16(22)18(24)20(19(25)17(15)23)29-14(27)6-2/h7-10H,5-6H2,1-4H3. The predicted octanol–water partition coefficient (Wildman–Crippen LogP) is 7.69. The Hall–Kier alpha value is -0.700. The van der Waals surface area contributed by atoms with E-state index in [1.165, 1.54) is 0 Å². The molecule has 0 unspecified atom stereocenters. The van der Waals surface area contributed by atoms with E-state index in [9.17, 15) is 9.59 Å². The van der Waals surface area contributed by atoms with Crippen molar-refractivity contribution in [3.8, 4) is 11.5 Å². The van der Waals surface area contributed by atoms with E-state index in [1.54, 1.807) is 26.0 Å². The molecule has 0 heterocycles. The molecule has 0 amide bonds. The molecule has 2 aromatic rings. The van der Waals surface area contributed by atoms with Crippen LogP contribution in [0, 0.1) is 0 Å². The van der Waals surface area contributed by atoms with Gasteiger partial charge in [0, 0.05) is 27.2 Å². The fourth-order valence-electron chi connectivity index (χ4n) is 2.72. The first-order chi connectivity index (χ1) is 13.5. The average Bonchev–Trinajstić information content (AvgIpc) is 2.69. The summed E-state index contributed by atoms with van der Waals surface area (Å²) in [6.45, 7) is 7.67. The summed E-state index contributed by atoms with van der Waals surface area (Å²) in [5.74, 6) is 0.331. The van der Waals surface area contributed by atoms with Crippen LogP contribution in [0.4, 0.5) is 0 Å². The molecule has 0 aliphatic carbocycles. The molecule has 2 aromatic carbocycles. The van der Waals surface area contributed by atoms with Crippen molar-refractivity contribution < 1.29 is 19.1 Å². The Labute approximate surface area is 204 Å². The summed E-state index contributed by atoms with van der Waals surface area (Å²) in [5, 5.41) is 0. The first-order valence-corrected chi connectivity index (χ1v) is 12.1. The first-order valence-electron chi connectivity index (χ1n) is 8.92. The molecule has 0 saturated heterocycles. The normalized spacial score (nSPS) is 11.3. The lowest BCUT2D eigenvalue weighted by Gasteiger charge is -2.30. The maximum atomic E-state index is 11.8. The molecule has 0 spiro atoms. The molecule has 2 rings (SSSR count). The van der Waals surface area contributed by atoms with E-state index in [4.69, 9.17) is 9.47 Å². The predicted molar refractivity (Wildman–Crippen MR) is 128 cm³/mol. The van der Waals surface area contributed by atoms with Crippen molar-refractivity contribution in [2.75, 3.05) is 0 Å². The second-order valence-corrected chi connectivity index (χ2v) is 9.94. The van der Waals surface area contributed by atoms with Gasteiger partial charge in [0.2, 0.25) is 0 Å². The van der Waals surface area contributed by atoms with Crippen molar-refractivity contribution in [2.45, 2.75) is 46.0 Å². The lowest BCUT2D eigenvalue weighted by atomic mass is 9.78. The van der Waals surface area contributed by atoms with Crippen LogP contribution in [0.1, 0.15) is 51.7 Å². The van der Waals surface area contributed by atoms with Gasteiger partial charge in [0.25, 0.3) is 0 Å². The zero-order chi connectivity index (χ0) is 21.9. The van der Waals surface area contributed by atoms with Crippen molar-refractivity contribution in [2.24, 2.45) is 0 Å². The summed E-state index contributed by atoms with van der Waals surface area (Å²) < 4.78 is 13.6. The van der Waals surface area contributed by atoms with E-state index in [1.807, 2.05) is 12.1 Å². The quantitative estimate of drug-likeness (QED) is 0.182. The summed E-state index contributed by atoms with van der Waals surface area (Å²) in [6, 6.07) is 7.44. The summed E-state index contributed by atoms with van der Waals surface area (Å²) in [7, 11) is 0. The smallest absolute Gasteiger partial charge is 0.310 e. The van der Waals surface area contributed by atoms with Crippen LogP contribution in [0.2, 0.25) is 0 Å². The van der Waals surface area contributed by atoms with E-state index < -0.39 is 5.41 Å². The lowest BCUT2D eigenvalue weighted by Crippen LogP contribution is -2.21. The molecule has 8 heteroatoms. The molecular weight excluding hydrogens is 636 g/mol. The van der Waals surface area contributed by atoms with E-state index in [-0.39, 0.29) is 18.4 Å². The minimum atomic E-state index is -0.427. The Morgan fingerprint density at radius 1 is 0.793 bits per heavy atom. The number of esters is 2. The molecular formula is C21H20Br4O4. The van der Waals surface area contributed by atoms with Gasteiger partial charge in [-0.3, -0.25) is 9.59 Å². The second kappa shape index (κ2) is 10.1. The topological polar surface area (TPSA) is 52.6 Å². The van der Waals surface area contributed by atoms with Gasteiger partial charge in [-0.25, -0.2) is 0 Å². The van der Waals surface area contributed by atoms with Gasteiger partial charge in [-0.05, 0) is 87.0 Å². The molecule has 0 aromatic heterocycles. The zero-order valence-corrected chi connectivity index (χ0v) is 22.7. The number of halogens is 4. The van der Waals surface area contributed by atoms with Gasteiger partial charge in [0.1, 0.15) is 5.75 Å². The largest absolute Gasteiger partial charge is 0.427 e. The maximum absolute atomic E-state index is 11.8. The Balaban J connectivity index is 2.52. The van der Waals surface area contributed by atoms with Crippen molar-refractivity contribution >= 4 is 75.7 Å². The number of benzene rings is 2. The molecule has 0 aliphatic rings. The molecule has 29 heavy (non-hydrogen) atoms. The van der Waals surface area contributed by atoms with Crippen LogP contribution < -0.4 is 9.47 Å². The number of hydrogen-bond acceptors (Lipinski definition) is 4. The highest BCUT2D eigenvalue weighted by Crippen LogP contribution is 2.51. The van der Waals surface area contributed by atoms with Gasteiger partial charge in [-0.15, -0.1) is 0 Å². The lowest BCUT2D eigenvalue weighted by molar-refractivity contribution is -0.135. The van der Waals surface area contributed by atoms with Crippen LogP contribution in [0.5, 0.6) is 11.5 Å². The Morgan fingerprint density at radius 3 is 1.69 bits per heavy atom. The highest BCUT2D eigenvalue weighted by molar-refractivity contribution is 9.14. The van der Waals surface area contributed by atoms with E-state index in [2.05, 4.69) is 77.6 Å². The third-order valence-corrected chi connectivity index (χ3v) is 8.61. The second-order valence-electron chi connectivity index (χ2n) is 6.76. The fourth-order valence-corrected chi connectivity index (χ4v) is 5.96. The van der Waals surface area contributed by atoms with Crippen LogP contribution in [0.25, 0.3) is 0 Å². The SMILES string of the molecule is CCC(=O)Oc1ccc(C(C)(C)c2c(Br)c(Br)c(OC(=O)CC)c(Br)c2Br)cc1. The van der Waals surface area contributed by atoms with Crippen molar-refractivity contribution in [3.05, 3.63) is 53.3 Å². The Morgan fingerprint density at radius 2 is 1.24 bits per heavy atom. The van der Waals surface area contributed by atoms with E-state index in [0.717, 1.165) is 20.1 Å². The zero-order valence-electron chi connectivity index (χ0n) is 16.4. The number of rotatable bonds is 6. The molecule has 0 radical (unpaired) electrons. The van der Waals surface area contributed by atoms with Crippen LogP contribution in [0.3, 0.4) is 0 Å². The third kappa shape index (κ3) is 5.32. The maximum Gasteiger partial charge on any atom is 0.310 e. The molecule has 4 nitrogen and oxygen atoms in total. The Kier molecular flexibility index (Phi) is 8.53. The fraction of sp³-hybridized carbons (Fsp3) is 0.333. The van der Waals surface area contributed by atoms with E-state index in [0.29, 0.717) is 26.9 Å². The molecule has 0 fully saturated rings. The summed E-state index contributed by atoms with van der Waals surface area (Å²) in [6.07, 6.45) is 0.598. The van der Waals surface area contributed by atoms with Gasteiger partial charge in [-0.2, -0.15) is 0 Å². The molecule has 0 atom stereocenters. The van der Waals surface area contributed by atoms with Crippen LogP contribution >= 0.6 is 63.7 Å². The van der Waals surface area contributed by atoms with E-state index >= 15 is 0 Å². The molecule has 0 aliphatic heterocycles. The summed E-state index contributed by atoms with van der Waals surface area (Å²) >= 11 is 14.4. The minimum Gasteiger partial charge on any atom is -0.427 e. The van der Waals surface area contributed by atoms with Crippen LogP contribution in [0.15, 0.2) is 42.2 Å². The third-order valence-electron chi connectivity index (χ3n) is 4.45. The number of ether oxygens (including phenoxy) is 2. The first kappa shape index (κ1) is 24.6. The highest BCUT2D eigenvalue weighted by Gasteiger charge is 2.32. The molecule has 0 N–H and O–H groups in total.